The van der Waals surface area contributed by atoms with Crippen molar-refractivity contribution in [2.24, 2.45) is 0 Å². The standard InChI is InChI=1S/C23H26ClN3O/c1-17(2)16-27-21-12-6-5-11-20(21)26-22(27)13-4-3-7-14-25-23(28)18-9-8-10-19(24)15-18/h5-6,8-12,15H,1,3-4,7,13-14,16H2,2H3,(H,25,28). The summed E-state index contributed by atoms with van der Waals surface area (Å²) < 4.78 is 2.26. The second kappa shape index (κ2) is 9.56. The number of fused-ring (bicyclic) bond motifs is 1. The van der Waals surface area contributed by atoms with Gasteiger partial charge in [0.1, 0.15) is 5.82 Å². The Kier molecular flexibility index (Phi) is 6.88. The molecule has 1 aromatic heterocycles. The molecule has 5 heteroatoms. The van der Waals surface area contributed by atoms with Crippen molar-refractivity contribution in [1.29, 1.82) is 0 Å². The van der Waals surface area contributed by atoms with Gasteiger partial charge in [0.05, 0.1) is 11.0 Å². The van der Waals surface area contributed by atoms with E-state index in [0.717, 1.165) is 54.7 Å². The lowest BCUT2D eigenvalue weighted by molar-refractivity contribution is 0.0953. The summed E-state index contributed by atoms with van der Waals surface area (Å²) >= 11 is 5.93. The maximum absolute atomic E-state index is 12.1. The number of unbranched alkanes of at least 4 members (excludes halogenated alkanes) is 2. The molecule has 4 nitrogen and oxygen atoms in total. The number of nitrogens with zero attached hydrogens (tertiary/aromatic N) is 2. The van der Waals surface area contributed by atoms with Crippen molar-refractivity contribution < 1.29 is 4.79 Å². The highest BCUT2D eigenvalue weighted by atomic mass is 35.5. The largest absolute Gasteiger partial charge is 0.352 e. The third-order valence-corrected chi connectivity index (χ3v) is 4.85. The van der Waals surface area contributed by atoms with E-state index in [1.54, 1.807) is 24.3 Å². The molecule has 1 amide bonds. The van der Waals surface area contributed by atoms with Crippen molar-refractivity contribution in [1.82, 2.24) is 14.9 Å². The third-order valence-electron chi connectivity index (χ3n) is 4.61. The lowest BCUT2D eigenvalue weighted by Crippen LogP contribution is -2.24. The molecule has 0 unspecified atom stereocenters. The Morgan fingerprint density at radius 1 is 1.14 bits per heavy atom. The molecule has 0 fully saturated rings. The molecule has 1 heterocycles. The quantitative estimate of drug-likeness (QED) is 0.389. The van der Waals surface area contributed by atoms with Gasteiger partial charge in [-0.2, -0.15) is 0 Å². The van der Waals surface area contributed by atoms with Gasteiger partial charge in [-0.1, -0.05) is 48.4 Å². The Balaban J connectivity index is 1.48. The Labute approximate surface area is 171 Å². The summed E-state index contributed by atoms with van der Waals surface area (Å²) in [7, 11) is 0. The second-order valence-electron chi connectivity index (χ2n) is 7.14. The van der Waals surface area contributed by atoms with Crippen molar-refractivity contribution in [2.45, 2.75) is 39.2 Å². The monoisotopic (exact) mass is 395 g/mol. The predicted molar refractivity (Wildman–Crippen MR) is 116 cm³/mol. The minimum Gasteiger partial charge on any atom is -0.352 e. The summed E-state index contributed by atoms with van der Waals surface area (Å²) in [4.78, 5) is 16.9. The van der Waals surface area contributed by atoms with Gasteiger partial charge in [0.2, 0.25) is 0 Å². The smallest absolute Gasteiger partial charge is 0.251 e. The molecule has 0 saturated heterocycles. The Hall–Kier alpha value is -2.59. The molecule has 0 aliphatic rings. The Bertz CT molecular complexity index is 977. The van der Waals surface area contributed by atoms with Gasteiger partial charge >= 0.3 is 0 Å². The number of aromatic nitrogens is 2. The number of hydrogen-bond acceptors (Lipinski definition) is 2. The fourth-order valence-electron chi connectivity index (χ4n) is 3.28. The van der Waals surface area contributed by atoms with E-state index in [9.17, 15) is 4.79 Å². The first-order valence-corrected chi connectivity index (χ1v) is 10.0. The van der Waals surface area contributed by atoms with Crippen LogP contribution >= 0.6 is 11.6 Å². The molecule has 1 N–H and O–H groups in total. The third kappa shape index (κ3) is 5.23. The van der Waals surface area contributed by atoms with Gasteiger partial charge in [-0.15, -0.1) is 0 Å². The molecule has 3 rings (SSSR count). The number of imidazole rings is 1. The molecule has 2 aromatic carbocycles. The minimum absolute atomic E-state index is 0.0780. The SMILES string of the molecule is C=C(C)Cn1c(CCCCCNC(=O)c2cccc(Cl)c2)nc2ccccc21. The minimum atomic E-state index is -0.0780. The number of carbonyl (C=O) groups excluding carboxylic acids is 1. The van der Waals surface area contributed by atoms with Crippen LogP contribution in [-0.2, 0) is 13.0 Å². The zero-order valence-corrected chi connectivity index (χ0v) is 17.0. The number of rotatable bonds is 9. The molecule has 0 aliphatic heterocycles. The Morgan fingerprint density at radius 2 is 1.96 bits per heavy atom. The van der Waals surface area contributed by atoms with E-state index in [-0.39, 0.29) is 5.91 Å². The second-order valence-corrected chi connectivity index (χ2v) is 7.57. The van der Waals surface area contributed by atoms with Gasteiger partial charge in [-0.05, 0) is 50.1 Å². The van der Waals surface area contributed by atoms with Gasteiger partial charge in [-0.25, -0.2) is 4.98 Å². The fourth-order valence-corrected chi connectivity index (χ4v) is 3.47. The zero-order chi connectivity index (χ0) is 19.9. The summed E-state index contributed by atoms with van der Waals surface area (Å²) in [6.45, 7) is 7.55. The summed E-state index contributed by atoms with van der Waals surface area (Å²) in [5.41, 5.74) is 3.91. The number of halogens is 1. The van der Waals surface area contributed by atoms with Gasteiger partial charge in [0.25, 0.3) is 5.91 Å². The molecular formula is C23H26ClN3O. The normalized spacial score (nSPS) is 10.9. The number of hydrogen-bond donors (Lipinski definition) is 1. The summed E-state index contributed by atoms with van der Waals surface area (Å²) in [6, 6.07) is 15.2. The molecule has 0 atom stereocenters. The van der Waals surface area contributed by atoms with Crippen LogP contribution in [0.2, 0.25) is 5.02 Å². The molecule has 0 spiro atoms. The maximum Gasteiger partial charge on any atom is 0.251 e. The summed E-state index contributed by atoms with van der Waals surface area (Å²) in [5, 5.41) is 3.53. The van der Waals surface area contributed by atoms with Crippen LogP contribution in [-0.4, -0.2) is 22.0 Å². The van der Waals surface area contributed by atoms with E-state index in [2.05, 4.69) is 28.6 Å². The van der Waals surface area contributed by atoms with E-state index in [4.69, 9.17) is 16.6 Å². The summed E-state index contributed by atoms with van der Waals surface area (Å²) in [5.74, 6) is 1.03. The zero-order valence-electron chi connectivity index (χ0n) is 16.2. The number of allylic oxidation sites excluding steroid dienone is 1. The Morgan fingerprint density at radius 3 is 2.75 bits per heavy atom. The van der Waals surface area contributed by atoms with Crippen LogP contribution in [0.5, 0.6) is 0 Å². The van der Waals surface area contributed by atoms with Crippen molar-refractivity contribution in [3.05, 3.63) is 77.1 Å². The average Bonchev–Trinajstić information content (AvgIpc) is 3.01. The van der Waals surface area contributed by atoms with E-state index in [0.29, 0.717) is 17.1 Å². The molecule has 0 saturated carbocycles. The summed E-state index contributed by atoms with van der Waals surface area (Å²) in [6.07, 6.45) is 3.93. The molecule has 0 aliphatic carbocycles. The predicted octanol–water partition coefficient (Wildman–Crippen LogP) is 5.41. The molecule has 28 heavy (non-hydrogen) atoms. The highest BCUT2D eigenvalue weighted by Crippen LogP contribution is 2.19. The molecule has 0 bridgehead atoms. The van der Waals surface area contributed by atoms with Gasteiger partial charge in [0.15, 0.2) is 0 Å². The van der Waals surface area contributed by atoms with Crippen LogP contribution in [0, 0.1) is 0 Å². The average molecular weight is 396 g/mol. The molecular weight excluding hydrogens is 370 g/mol. The lowest BCUT2D eigenvalue weighted by Gasteiger charge is -2.09. The maximum atomic E-state index is 12.1. The fraction of sp³-hybridized carbons (Fsp3) is 0.304. The molecule has 0 radical (unpaired) electrons. The van der Waals surface area contributed by atoms with E-state index < -0.39 is 0 Å². The topological polar surface area (TPSA) is 46.9 Å². The van der Waals surface area contributed by atoms with Gasteiger partial charge in [0, 0.05) is 30.1 Å². The number of nitrogens with one attached hydrogen (secondary N) is 1. The van der Waals surface area contributed by atoms with Crippen molar-refractivity contribution >= 4 is 28.5 Å². The molecule has 146 valence electrons. The van der Waals surface area contributed by atoms with Crippen LogP contribution in [0.4, 0.5) is 0 Å². The van der Waals surface area contributed by atoms with E-state index in [1.165, 1.54) is 0 Å². The number of carbonyl (C=O) groups is 1. The van der Waals surface area contributed by atoms with Crippen molar-refractivity contribution in [2.75, 3.05) is 6.54 Å². The number of aryl methyl sites for hydroxylation is 1. The van der Waals surface area contributed by atoms with Crippen LogP contribution in [0.3, 0.4) is 0 Å². The van der Waals surface area contributed by atoms with Gasteiger partial charge < -0.3 is 9.88 Å². The van der Waals surface area contributed by atoms with E-state index in [1.807, 2.05) is 19.1 Å². The number of amides is 1. The highest BCUT2D eigenvalue weighted by Gasteiger charge is 2.10. The van der Waals surface area contributed by atoms with Crippen LogP contribution in [0.15, 0.2) is 60.7 Å². The van der Waals surface area contributed by atoms with E-state index >= 15 is 0 Å². The van der Waals surface area contributed by atoms with Crippen molar-refractivity contribution in [3.8, 4) is 0 Å². The first-order chi connectivity index (χ1) is 13.5. The first-order valence-electron chi connectivity index (χ1n) is 9.67. The van der Waals surface area contributed by atoms with Crippen LogP contribution < -0.4 is 5.32 Å². The number of benzene rings is 2. The first kappa shape index (κ1) is 20.2. The van der Waals surface area contributed by atoms with Crippen LogP contribution in [0.25, 0.3) is 11.0 Å². The molecule has 3 aromatic rings. The lowest BCUT2D eigenvalue weighted by atomic mass is 10.1. The van der Waals surface area contributed by atoms with Crippen LogP contribution in [0.1, 0.15) is 42.4 Å². The van der Waals surface area contributed by atoms with Gasteiger partial charge in [-0.3, -0.25) is 4.79 Å². The van der Waals surface area contributed by atoms with Crippen molar-refractivity contribution in [3.63, 3.8) is 0 Å². The number of para-hydroxylation sites is 2. The highest BCUT2D eigenvalue weighted by molar-refractivity contribution is 6.30.